The lowest BCUT2D eigenvalue weighted by Gasteiger charge is -2.28. The molecule has 9 heteroatoms. The zero-order chi connectivity index (χ0) is 18.6. The summed E-state index contributed by atoms with van der Waals surface area (Å²) in [6.07, 6.45) is 2.37. The van der Waals surface area contributed by atoms with Gasteiger partial charge in [0, 0.05) is 18.8 Å². The van der Waals surface area contributed by atoms with Gasteiger partial charge >= 0.3 is 5.97 Å². The molecule has 2 atom stereocenters. The molecule has 0 bridgehead atoms. The Morgan fingerprint density at radius 3 is 2.64 bits per heavy atom. The molecule has 1 fully saturated rings. The number of nitrogens with one attached hydrogen (secondary N) is 1. The van der Waals surface area contributed by atoms with Crippen LogP contribution in [0.1, 0.15) is 23.2 Å². The maximum absolute atomic E-state index is 12.6. The minimum atomic E-state index is -3.52. The van der Waals surface area contributed by atoms with E-state index in [-0.39, 0.29) is 28.7 Å². The lowest BCUT2D eigenvalue weighted by molar-refractivity contribution is -0.142. The minimum Gasteiger partial charge on any atom is -0.496 e. The van der Waals surface area contributed by atoms with Crippen molar-refractivity contribution in [3.05, 3.63) is 23.8 Å². The largest absolute Gasteiger partial charge is 0.496 e. The van der Waals surface area contributed by atoms with Crippen molar-refractivity contribution < 1.29 is 32.6 Å². The van der Waals surface area contributed by atoms with Crippen molar-refractivity contribution >= 4 is 21.7 Å². The number of carbonyl (C=O) groups excluding carboxylic acids is 1. The molecule has 2 N–H and O–H groups in total. The van der Waals surface area contributed by atoms with Crippen molar-refractivity contribution in [1.29, 1.82) is 0 Å². The van der Waals surface area contributed by atoms with E-state index in [1.54, 1.807) is 0 Å². The highest BCUT2D eigenvalue weighted by molar-refractivity contribution is 7.90. The van der Waals surface area contributed by atoms with Crippen molar-refractivity contribution in [2.24, 2.45) is 5.92 Å². The monoisotopic (exact) mass is 371 g/mol. The molecule has 1 saturated heterocycles. The fourth-order valence-corrected chi connectivity index (χ4v) is 3.37. The van der Waals surface area contributed by atoms with E-state index in [0.717, 1.165) is 12.7 Å². The Morgan fingerprint density at radius 2 is 2.12 bits per heavy atom. The average Bonchev–Trinajstić information content (AvgIpc) is 2.58. The Labute approximate surface area is 146 Å². The van der Waals surface area contributed by atoms with Crippen LogP contribution in [0.3, 0.4) is 0 Å². The third-order valence-electron chi connectivity index (χ3n) is 4.06. The second kappa shape index (κ2) is 7.83. The summed E-state index contributed by atoms with van der Waals surface area (Å²) in [7, 11) is -2.18. The van der Waals surface area contributed by atoms with Gasteiger partial charge in [0.15, 0.2) is 9.84 Å². The molecule has 0 radical (unpaired) electrons. The Bertz CT molecular complexity index is 754. The Morgan fingerprint density at radius 1 is 1.40 bits per heavy atom. The van der Waals surface area contributed by atoms with Gasteiger partial charge in [0.1, 0.15) is 11.8 Å². The van der Waals surface area contributed by atoms with Crippen LogP contribution in [0.2, 0.25) is 0 Å². The average molecular weight is 371 g/mol. The molecule has 25 heavy (non-hydrogen) atoms. The highest BCUT2D eigenvalue weighted by Crippen LogP contribution is 2.24. The van der Waals surface area contributed by atoms with Crippen LogP contribution < -0.4 is 10.1 Å². The van der Waals surface area contributed by atoms with Crippen LogP contribution in [0.15, 0.2) is 23.1 Å². The zero-order valence-corrected chi connectivity index (χ0v) is 14.8. The SMILES string of the molecule is COc1ccc(S(C)(=O)=O)cc1C(=O)NC(C(=O)O)C1CCCOC1. The Hall–Kier alpha value is -2.13. The van der Waals surface area contributed by atoms with Crippen molar-refractivity contribution in [3.63, 3.8) is 0 Å². The van der Waals surface area contributed by atoms with Crippen LogP contribution in [0, 0.1) is 5.92 Å². The molecule has 1 amide bonds. The number of sulfone groups is 1. The highest BCUT2D eigenvalue weighted by Gasteiger charge is 2.32. The molecule has 1 aliphatic rings. The molecule has 2 rings (SSSR count). The number of rotatable bonds is 6. The van der Waals surface area contributed by atoms with E-state index in [2.05, 4.69) is 5.32 Å². The number of methoxy groups -OCH3 is 1. The normalized spacial score (nSPS) is 19.0. The van der Waals surface area contributed by atoms with Crippen molar-refractivity contribution in [1.82, 2.24) is 5.32 Å². The highest BCUT2D eigenvalue weighted by atomic mass is 32.2. The first-order chi connectivity index (χ1) is 11.7. The quantitative estimate of drug-likeness (QED) is 0.756. The maximum atomic E-state index is 12.6. The van der Waals surface area contributed by atoms with E-state index in [1.165, 1.54) is 25.3 Å². The van der Waals surface area contributed by atoms with Gasteiger partial charge in [-0.15, -0.1) is 0 Å². The molecule has 0 saturated carbocycles. The molecule has 0 spiro atoms. The molecule has 2 unspecified atom stereocenters. The number of aliphatic carboxylic acids is 1. The summed E-state index contributed by atoms with van der Waals surface area (Å²) in [5, 5.41) is 11.9. The van der Waals surface area contributed by atoms with Gasteiger partial charge in [0.05, 0.1) is 24.2 Å². The van der Waals surface area contributed by atoms with Crippen LogP contribution in [0.25, 0.3) is 0 Å². The van der Waals surface area contributed by atoms with Gasteiger partial charge in [-0.1, -0.05) is 0 Å². The van der Waals surface area contributed by atoms with Crippen LogP contribution in [0.4, 0.5) is 0 Å². The van der Waals surface area contributed by atoms with Gasteiger partial charge < -0.3 is 19.9 Å². The first kappa shape index (κ1) is 19.2. The lowest BCUT2D eigenvalue weighted by atomic mass is 9.93. The summed E-state index contributed by atoms with van der Waals surface area (Å²) in [5.41, 5.74) is -0.0339. The lowest BCUT2D eigenvalue weighted by Crippen LogP contribution is -2.48. The van der Waals surface area contributed by atoms with E-state index in [4.69, 9.17) is 9.47 Å². The fraction of sp³-hybridized carbons (Fsp3) is 0.500. The Kier molecular flexibility index (Phi) is 6.02. The predicted molar refractivity (Wildman–Crippen MR) is 88.5 cm³/mol. The number of amides is 1. The van der Waals surface area contributed by atoms with Crippen LogP contribution >= 0.6 is 0 Å². The molecule has 0 aliphatic carbocycles. The summed E-state index contributed by atoms with van der Waals surface area (Å²) < 4.78 is 33.8. The number of benzene rings is 1. The number of ether oxygens (including phenoxy) is 2. The molecule has 1 aliphatic heterocycles. The van der Waals surface area contributed by atoms with Gasteiger partial charge in [0.25, 0.3) is 5.91 Å². The molecular formula is C16H21NO7S. The standard InChI is InChI=1S/C16H21NO7S/c1-23-13-6-5-11(25(2,21)22)8-12(13)15(18)17-14(16(19)20)10-4-3-7-24-9-10/h5-6,8,10,14H,3-4,7,9H2,1-2H3,(H,17,18)(H,19,20). The fourth-order valence-electron chi connectivity index (χ4n) is 2.72. The van der Waals surface area contributed by atoms with E-state index >= 15 is 0 Å². The van der Waals surface area contributed by atoms with E-state index < -0.39 is 27.8 Å². The predicted octanol–water partition coefficient (Wildman–Crippen LogP) is 0.708. The van der Waals surface area contributed by atoms with Crippen molar-refractivity contribution in [2.75, 3.05) is 26.6 Å². The topological polar surface area (TPSA) is 119 Å². The molecule has 1 aromatic carbocycles. The summed E-state index contributed by atoms with van der Waals surface area (Å²) in [6.45, 7) is 0.818. The summed E-state index contributed by atoms with van der Waals surface area (Å²) in [4.78, 5) is 24.1. The number of carboxylic acid groups (broad SMARTS) is 1. The summed E-state index contributed by atoms with van der Waals surface area (Å²) in [5.74, 6) is -2.06. The molecular weight excluding hydrogens is 350 g/mol. The maximum Gasteiger partial charge on any atom is 0.326 e. The van der Waals surface area contributed by atoms with E-state index in [1.807, 2.05) is 0 Å². The molecule has 138 valence electrons. The zero-order valence-electron chi connectivity index (χ0n) is 14.0. The molecule has 8 nitrogen and oxygen atoms in total. The third-order valence-corrected chi connectivity index (χ3v) is 5.17. The number of carbonyl (C=O) groups is 2. The summed E-state index contributed by atoms with van der Waals surface area (Å²) >= 11 is 0. The van der Waals surface area contributed by atoms with E-state index in [9.17, 15) is 23.1 Å². The second-order valence-electron chi connectivity index (χ2n) is 5.90. The van der Waals surface area contributed by atoms with Gasteiger partial charge in [-0.25, -0.2) is 13.2 Å². The van der Waals surface area contributed by atoms with Crippen molar-refractivity contribution in [3.8, 4) is 5.75 Å². The molecule has 0 aromatic heterocycles. The molecule has 1 heterocycles. The summed E-state index contributed by atoms with van der Waals surface area (Å²) in [6, 6.07) is 2.75. The van der Waals surface area contributed by atoms with Gasteiger partial charge in [-0.2, -0.15) is 0 Å². The van der Waals surface area contributed by atoms with Crippen LogP contribution in [0.5, 0.6) is 5.75 Å². The smallest absolute Gasteiger partial charge is 0.326 e. The van der Waals surface area contributed by atoms with Gasteiger partial charge in [-0.05, 0) is 31.0 Å². The number of hydrogen-bond acceptors (Lipinski definition) is 6. The van der Waals surface area contributed by atoms with Crippen LogP contribution in [-0.4, -0.2) is 58.0 Å². The Balaban J connectivity index is 2.30. The van der Waals surface area contributed by atoms with E-state index in [0.29, 0.717) is 13.0 Å². The number of hydrogen-bond donors (Lipinski definition) is 2. The second-order valence-corrected chi connectivity index (χ2v) is 7.92. The first-order valence-electron chi connectivity index (χ1n) is 7.73. The first-order valence-corrected chi connectivity index (χ1v) is 9.62. The third kappa shape index (κ3) is 4.70. The number of carboxylic acids is 1. The van der Waals surface area contributed by atoms with Gasteiger partial charge in [0.2, 0.25) is 0 Å². The molecule has 1 aromatic rings. The van der Waals surface area contributed by atoms with Crippen molar-refractivity contribution in [2.45, 2.75) is 23.8 Å². The van der Waals surface area contributed by atoms with Crippen LogP contribution in [-0.2, 0) is 19.4 Å². The minimum absolute atomic E-state index is 0.0339. The van der Waals surface area contributed by atoms with Gasteiger partial charge in [-0.3, -0.25) is 4.79 Å².